The van der Waals surface area contributed by atoms with E-state index < -0.39 is 0 Å². The first-order chi connectivity index (χ1) is 9.13. The highest BCUT2D eigenvalue weighted by Gasteiger charge is 2.15. The Kier molecular flexibility index (Phi) is 3.85. The lowest BCUT2D eigenvalue weighted by Gasteiger charge is -2.18. The van der Waals surface area contributed by atoms with E-state index in [4.69, 9.17) is 5.73 Å². The van der Waals surface area contributed by atoms with Crippen molar-refractivity contribution >= 4 is 17.3 Å². The molecule has 0 spiro atoms. The molecule has 2 N–H and O–H groups in total. The van der Waals surface area contributed by atoms with Crippen LogP contribution in [0, 0.1) is 0 Å². The van der Waals surface area contributed by atoms with Crippen molar-refractivity contribution in [3.05, 3.63) is 59.7 Å². The molecule has 0 unspecified atom stereocenters. The summed E-state index contributed by atoms with van der Waals surface area (Å²) < 4.78 is 0. The van der Waals surface area contributed by atoms with E-state index in [9.17, 15) is 4.79 Å². The third kappa shape index (κ3) is 2.76. The van der Waals surface area contributed by atoms with Crippen LogP contribution in [0.15, 0.2) is 48.5 Å². The molecule has 0 fully saturated rings. The van der Waals surface area contributed by atoms with Gasteiger partial charge >= 0.3 is 0 Å². The smallest absolute Gasteiger partial charge is 0.260 e. The molecule has 0 heterocycles. The minimum atomic E-state index is -0.0950. The van der Waals surface area contributed by atoms with Gasteiger partial charge in [-0.2, -0.15) is 0 Å². The highest BCUT2D eigenvalue weighted by molar-refractivity contribution is 6.08. The summed E-state index contributed by atoms with van der Waals surface area (Å²) in [6, 6.07) is 15.1. The first kappa shape index (κ1) is 13.1. The van der Waals surface area contributed by atoms with Crippen molar-refractivity contribution < 1.29 is 4.79 Å². The van der Waals surface area contributed by atoms with Gasteiger partial charge in [-0.1, -0.05) is 31.2 Å². The molecule has 0 atom stereocenters. The monoisotopic (exact) mass is 254 g/mol. The van der Waals surface area contributed by atoms with Gasteiger partial charge in [0.05, 0.1) is 5.56 Å². The molecule has 0 radical (unpaired) electrons. The molecule has 2 aromatic carbocycles. The third-order valence-corrected chi connectivity index (χ3v) is 3.23. The van der Waals surface area contributed by atoms with Gasteiger partial charge in [0.1, 0.15) is 0 Å². The van der Waals surface area contributed by atoms with E-state index in [0.29, 0.717) is 11.3 Å². The highest BCUT2D eigenvalue weighted by Crippen LogP contribution is 2.19. The minimum Gasteiger partial charge on any atom is -0.398 e. The molecule has 0 aliphatic rings. The SMILES string of the molecule is CCc1ccc(N(C)C(=O)c2ccccc2N)cc1. The molecule has 3 heteroatoms. The number of hydrogen-bond donors (Lipinski definition) is 1. The Hall–Kier alpha value is -2.29. The summed E-state index contributed by atoms with van der Waals surface area (Å²) >= 11 is 0. The number of nitrogens with zero attached hydrogens (tertiary/aromatic N) is 1. The number of carbonyl (C=O) groups excluding carboxylic acids is 1. The van der Waals surface area contributed by atoms with Crippen LogP contribution in [0.3, 0.4) is 0 Å². The van der Waals surface area contributed by atoms with Crippen molar-refractivity contribution in [2.75, 3.05) is 17.7 Å². The topological polar surface area (TPSA) is 46.3 Å². The largest absolute Gasteiger partial charge is 0.398 e. The summed E-state index contributed by atoms with van der Waals surface area (Å²) in [5.74, 6) is -0.0950. The number of nitrogens with two attached hydrogens (primary N) is 1. The highest BCUT2D eigenvalue weighted by atomic mass is 16.2. The van der Waals surface area contributed by atoms with E-state index in [1.807, 2.05) is 36.4 Å². The van der Waals surface area contributed by atoms with Crippen LogP contribution in [0.2, 0.25) is 0 Å². The summed E-state index contributed by atoms with van der Waals surface area (Å²) in [5.41, 5.74) is 8.99. The third-order valence-electron chi connectivity index (χ3n) is 3.23. The zero-order chi connectivity index (χ0) is 13.8. The average Bonchev–Trinajstić information content (AvgIpc) is 2.46. The molecule has 2 aromatic rings. The Bertz CT molecular complexity index is 576. The standard InChI is InChI=1S/C16H18N2O/c1-3-12-8-10-13(11-9-12)18(2)16(19)14-6-4-5-7-15(14)17/h4-11H,3,17H2,1-2H3. The molecule has 1 amide bonds. The van der Waals surface area contributed by atoms with Crippen LogP contribution in [0.1, 0.15) is 22.8 Å². The number of para-hydroxylation sites is 1. The molecule has 2 rings (SSSR count). The van der Waals surface area contributed by atoms with E-state index in [-0.39, 0.29) is 5.91 Å². The molecule has 0 bridgehead atoms. The van der Waals surface area contributed by atoms with Crippen molar-refractivity contribution in [2.24, 2.45) is 0 Å². The lowest BCUT2D eigenvalue weighted by Crippen LogP contribution is -2.26. The number of rotatable bonds is 3. The molecular weight excluding hydrogens is 236 g/mol. The Morgan fingerprint density at radius 2 is 1.74 bits per heavy atom. The molecule has 0 aliphatic carbocycles. The molecule has 0 aliphatic heterocycles. The number of anilines is 2. The summed E-state index contributed by atoms with van der Waals surface area (Å²) in [6.07, 6.45) is 0.990. The quantitative estimate of drug-likeness (QED) is 0.855. The van der Waals surface area contributed by atoms with Crippen LogP contribution >= 0.6 is 0 Å². The average molecular weight is 254 g/mol. The van der Waals surface area contributed by atoms with Gasteiger partial charge in [-0.25, -0.2) is 0 Å². The van der Waals surface area contributed by atoms with Crippen LogP contribution in [0.25, 0.3) is 0 Å². The molecule has 98 valence electrons. The van der Waals surface area contributed by atoms with Gasteiger partial charge in [0, 0.05) is 18.4 Å². The molecule has 3 nitrogen and oxygen atoms in total. The van der Waals surface area contributed by atoms with Crippen LogP contribution in [0.5, 0.6) is 0 Å². The first-order valence-corrected chi connectivity index (χ1v) is 6.35. The molecular formula is C16H18N2O. The Morgan fingerprint density at radius 3 is 2.32 bits per heavy atom. The summed E-state index contributed by atoms with van der Waals surface area (Å²) in [4.78, 5) is 14.0. The summed E-state index contributed by atoms with van der Waals surface area (Å²) in [5, 5.41) is 0. The Labute approximate surface area is 113 Å². The fourth-order valence-corrected chi connectivity index (χ4v) is 1.94. The maximum absolute atomic E-state index is 12.4. The van der Waals surface area contributed by atoms with Crippen LogP contribution in [-0.2, 0) is 6.42 Å². The Morgan fingerprint density at radius 1 is 1.11 bits per heavy atom. The van der Waals surface area contributed by atoms with Gasteiger partial charge in [-0.3, -0.25) is 4.79 Å². The van der Waals surface area contributed by atoms with Crippen molar-refractivity contribution in [2.45, 2.75) is 13.3 Å². The van der Waals surface area contributed by atoms with Gasteiger partial charge in [0.15, 0.2) is 0 Å². The van der Waals surface area contributed by atoms with Crippen molar-refractivity contribution in [3.8, 4) is 0 Å². The predicted molar refractivity (Wildman–Crippen MR) is 79.4 cm³/mol. The second-order valence-corrected chi connectivity index (χ2v) is 4.47. The first-order valence-electron chi connectivity index (χ1n) is 6.35. The summed E-state index contributed by atoms with van der Waals surface area (Å²) in [6.45, 7) is 2.11. The van der Waals surface area contributed by atoms with Gasteiger partial charge < -0.3 is 10.6 Å². The van der Waals surface area contributed by atoms with Crippen molar-refractivity contribution in [1.82, 2.24) is 0 Å². The van der Waals surface area contributed by atoms with E-state index in [2.05, 4.69) is 6.92 Å². The molecule has 0 saturated carbocycles. The number of aryl methyl sites for hydroxylation is 1. The van der Waals surface area contributed by atoms with Crippen LogP contribution < -0.4 is 10.6 Å². The number of nitrogen functional groups attached to an aromatic ring is 1. The molecule has 19 heavy (non-hydrogen) atoms. The minimum absolute atomic E-state index is 0.0950. The Balaban J connectivity index is 2.26. The van der Waals surface area contributed by atoms with Gasteiger partial charge in [0.25, 0.3) is 5.91 Å². The second kappa shape index (κ2) is 5.57. The van der Waals surface area contributed by atoms with Crippen LogP contribution in [-0.4, -0.2) is 13.0 Å². The molecule has 0 saturated heterocycles. The normalized spacial score (nSPS) is 10.2. The summed E-state index contributed by atoms with van der Waals surface area (Å²) in [7, 11) is 1.76. The lowest BCUT2D eigenvalue weighted by atomic mass is 10.1. The van der Waals surface area contributed by atoms with Crippen molar-refractivity contribution in [1.29, 1.82) is 0 Å². The maximum atomic E-state index is 12.4. The van der Waals surface area contributed by atoms with Gasteiger partial charge in [0.2, 0.25) is 0 Å². The predicted octanol–water partition coefficient (Wildman–Crippen LogP) is 3.11. The number of benzene rings is 2. The van der Waals surface area contributed by atoms with Crippen LogP contribution in [0.4, 0.5) is 11.4 Å². The zero-order valence-electron chi connectivity index (χ0n) is 11.3. The van der Waals surface area contributed by atoms with E-state index in [1.165, 1.54) is 5.56 Å². The number of amides is 1. The lowest BCUT2D eigenvalue weighted by molar-refractivity contribution is 0.0994. The van der Waals surface area contributed by atoms with E-state index in [0.717, 1.165) is 12.1 Å². The fourth-order valence-electron chi connectivity index (χ4n) is 1.94. The maximum Gasteiger partial charge on any atom is 0.260 e. The van der Waals surface area contributed by atoms with Gasteiger partial charge in [-0.15, -0.1) is 0 Å². The number of carbonyl (C=O) groups is 1. The van der Waals surface area contributed by atoms with E-state index >= 15 is 0 Å². The molecule has 0 aromatic heterocycles. The van der Waals surface area contributed by atoms with Crippen molar-refractivity contribution in [3.63, 3.8) is 0 Å². The van der Waals surface area contributed by atoms with Gasteiger partial charge in [-0.05, 0) is 36.2 Å². The van der Waals surface area contributed by atoms with E-state index in [1.54, 1.807) is 24.1 Å². The zero-order valence-corrected chi connectivity index (χ0v) is 11.3. The number of hydrogen-bond acceptors (Lipinski definition) is 2. The second-order valence-electron chi connectivity index (χ2n) is 4.47. The fraction of sp³-hybridized carbons (Fsp3) is 0.188.